The van der Waals surface area contributed by atoms with Gasteiger partial charge in [0.1, 0.15) is 0 Å². The molecule has 0 fully saturated rings. The minimum Gasteiger partial charge on any atom is -0.465 e. The molecule has 0 saturated heterocycles. The highest BCUT2D eigenvalue weighted by atomic mass is 35.5. The van der Waals surface area contributed by atoms with Crippen LogP contribution in [-0.2, 0) is 11.2 Å². The summed E-state index contributed by atoms with van der Waals surface area (Å²) in [6, 6.07) is 22.0. The predicted molar refractivity (Wildman–Crippen MR) is 117 cm³/mol. The molecule has 1 aliphatic rings. The van der Waals surface area contributed by atoms with Gasteiger partial charge in [-0.1, -0.05) is 60.1 Å². The number of halogens is 1. The third-order valence-electron chi connectivity index (χ3n) is 5.30. The molecule has 4 rings (SSSR count). The lowest BCUT2D eigenvalue weighted by Gasteiger charge is -2.37. The van der Waals surface area contributed by atoms with Gasteiger partial charge >= 0.3 is 12.0 Å². The van der Waals surface area contributed by atoms with Crippen LogP contribution in [0.25, 0.3) is 0 Å². The molecular formula is C24H21ClN2O3. The summed E-state index contributed by atoms with van der Waals surface area (Å²) in [5.74, 6) is -0.496. The standard InChI is InChI=1S/C24H21ClN2O3/c1-30-23(28)20-8-4-5-9-21(20)26-24(29)27-15-14-16-6-2-3-7-19(16)22(27)17-10-12-18(25)13-11-17/h2-13,22H,14-15H2,1H3,(H,26,29)/t22-/m1/s1. The number of para-hydroxylation sites is 1. The number of amides is 2. The Bertz CT molecular complexity index is 1080. The average Bonchev–Trinajstić information content (AvgIpc) is 2.78. The third-order valence-corrected chi connectivity index (χ3v) is 5.56. The summed E-state index contributed by atoms with van der Waals surface area (Å²) in [4.78, 5) is 27.2. The number of fused-ring (bicyclic) bond motifs is 1. The summed E-state index contributed by atoms with van der Waals surface area (Å²) in [6.45, 7) is 0.552. The van der Waals surface area contributed by atoms with Crippen molar-refractivity contribution in [2.24, 2.45) is 0 Å². The number of carbonyl (C=O) groups is 2. The minimum atomic E-state index is -0.496. The highest BCUT2D eigenvalue weighted by Crippen LogP contribution is 2.36. The van der Waals surface area contributed by atoms with Gasteiger partial charge in [-0.25, -0.2) is 9.59 Å². The van der Waals surface area contributed by atoms with E-state index in [0.29, 0.717) is 22.8 Å². The van der Waals surface area contributed by atoms with E-state index in [1.807, 2.05) is 36.4 Å². The number of nitrogens with one attached hydrogen (secondary N) is 1. The van der Waals surface area contributed by atoms with Crippen LogP contribution in [0.5, 0.6) is 0 Å². The molecule has 1 aliphatic heterocycles. The molecule has 0 saturated carbocycles. The monoisotopic (exact) mass is 420 g/mol. The van der Waals surface area contributed by atoms with Gasteiger partial charge in [0.05, 0.1) is 24.4 Å². The quantitative estimate of drug-likeness (QED) is 0.584. The lowest BCUT2D eigenvalue weighted by Crippen LogP contribution is -2.43. The van der Waals surface area contributed by atoms with Crippen LogP contribution in [0.15, 0.2) is 72.8 Å². The molecular weight excluding hydrogens is 400 g/mol. The highest BCUT2D eigenvalue weighted by Gasteiger charge is 2.32. The Morgan fingerprint density at radius 1 is 1.00 bits per heavy atom. The van der Waals surface area contributed by atoms with Gasteiger partial charge in [0, 0.05) is 11.6 Å². The van der Waals surface area contributed by atoms with E-state index in [9.17, 15) is 9.59 Å². The SMILES string of the molecule is COC(=O)c1ccccc1NC(=O)N1CCc2ccccc2[C@H]1c1ccc(Cl)cc1. The number of anilines is 1. The van der Waals surface area contributed by atoms with Gasteiger partial charge in [-0.3, -0.25) is 0 Å². The first-order valence-electron chi connectivity index (χ1n) is 9.66. The first kappa shape index (κ1) is 20.0. The molecule has 5 nitrogen and oxygen atoms in total. The van der Waals surface area contributed by atoms with Crippen molar-refractivity contribution < 1.29 is 14.3 Å². The number of urea groups is 1. The maximum Gasteiger partial charge on any atom is 0.339 e. The van der Waals surface area contributed by atoms with Gasteiger partial charge in [0.2, 0.25) is 0 Å². The molecule has 2 amide bonds. The molecule has 0 unspecified atom stereocenters. The van der Waals surface area contributed by atoms with E-state index in [4.69, 9.17) is 16.3 Å². The van der Waals surface area contributed by atoms with Crippen LogP contribution in [0, 0.1) is 0 Å². The number of methoxy groups -OCH3 is 1. The molecule has 1 atom stereocenters. The minimum absolute atomic E-state index is 0.252. The summed E-state index contributed by atoms with van der Waals surface area (Å²) in [5, 5.41) is 3.54. The van der Waals surface area contributed by atoms with E-state index < -0.39 is 5.97 Å². The summed E-state index contributed by atoms with van der Waals surface area (Å²) in [6.07, 6.45) is 0.756. The van der Waals surface area contributed by atoms with Crippen molar-refractivity contribution in [3.05, 3.63) is 100 Å². The molecule has 0 aliphatic carbocycles. The summed E-state index contributed by atoms with van der Waals surface area (Å²) >= 11 is 6.08. The van der Waals surface area contributed by atoms with Crippen molar-refractivity contribution in [2.45, 2.75) is 12.5 Å². The number of nitrogens with zero attached hydrogens (tertiary/aromatic N) is 1. The zero-order valence-corrected chi connectivity index (χ0v) is 17.2. The number of hydrogen-bond acceptors (Lipinski definition) is 3. The molecule has 30 heavy (non-hydrogen) atoms. The van der Waals surface area contributed by atoms with Gasteiger partial charge in [-0.15, -0.1) is 0 Å². The second-order valence-corrected chi connectivity index (χ2v) is 7.50. The number of hydrogen-bond donors (Lipinski definition) is 1. The molecule has 1 N–H and O–H groups in total. The van der Waals surface area contributed by atoms with Crippen LogP contribution in [0.4, 0.5) is 10.5 Å². The molecule has 3 aromatic carbocycles. The number of rotatable bonds is 3. The number of esters is 1. The van der Waals surface area contributed by atoms with Gasteiger partial charge in [-0.05, 0) is 47.4 Å². The first-order chi connectivity index (χ1) is 14.6. The van der Waals surface area contributed by atoms with Crippen molar-refractivity contribution in [3.63, 3.8) is 0 Å². The Morgan fingerprint density at radius 2 is 1.70 bits per heavy atom. The van der Waals surface area contributed by atoms with E-state index >= 15 is 0 Å². The molecule has 152 valence electrons. The normalized spacial score (nSPS) is 15.3. The van der Waals surface area contributed by atoms with E-state index in [0.717, 1.165) is 17.5 Å². The van der Waals surface area contributed by atoms with Crippen LogP contribution < -0.4 is 5.32 Å². The van der Waals surface area contributed by atoms with Gasteiger partial charge in [0.15, 0.2) is 0 Å². The molecule has 0 bridgehead atoms. The van der Waals surface area contributed by atoms with Crippen molar-refractivity contribution in [2.75, 3.05) is 19.0 Å². The number of ether oxygens (including phenoxy) is 1. The van der Waals surface area contributed by atoms with Gasteiger partial charge in [0.25, 0.3) is 0 Å². The summed E-state index contributed by atoms with van der Waals surface area (Å²) in [7, 11) is 1.32. The Balaban J connectivity index is 1.70. The molecule has 0 aromatic heterocycles. The maximum absolute atomic E-state index is 13.3. The molecule has 0 spiro atoms. The third kappa shape index (κ3) is 3.89. The molecule has 3 aromatic rings. The number of benzene rings is 3. The van der Waals surface area contributed by atoms with Crippen LogP contribution in [0.2, 0.25) is 5.02 Å². The Labute approximate surface area is 180 Å². The second kappa shape index (κ2) is 8.59. The van der Waals surface area contributed by atoms with E-state index in [2.05, 4.69) is 17.4 Å². The summed E-state index contributed by atoms with van der Waals surface area (Å²) < 4.78 is 4.84. The van der Waals surface area contributed by atoms with Crippen molar-refractivity contribution >= 4 is 29.3 Å². The molecule has 0 radical (unpaired) electrons. The van der Waals surface area contributed by atoms with E-state index in [1.54, 1.807) is 29.2 Å². The maximum atomic E-state index is 13.3. The fourth-order valence-electron chi connectivity index (χ4n) is 3.86. The Kier molecular flexibility index (Phi) is 5.72. The van der Waals surface area contributed by atoms with Crippen molar-refractivity contribution in [1.29, 1.82) is 0 Å². The Morgan fingerprint density at radius 3 is 2.47 bits per heavy atom. The topological polar surface area (TPSA) is 58.6 Å². The van der Waals surface area contributed by atoms with Gasteiger partial charge < -0.3 is 15.0 Å². The second-order valence-electron chi connectivity index (χ2n) is 7.06. The number of carbonyl (C=O) groups excluding carboxylic acids is 2. The first-order valence-corrected chi connectivity index (χ1v) is 10.0. The van der Waals surface area contributed by atoms with Crippen LogP contribution >= 0.6 is 11.6 Å². The van der Waals surface area contributed by atoms with Crippen molar-refractivity contribution in [3.8, 4) is 0 Å². The van der Waals surface area contributed by atoms with Crippen LogP contribution in [0.3, 0.4) is 0 Å². The fourth-order valence-corrected chi connectivity index (χ4v) is 3.98. The van der Waals surface area contributed by atoms with Crippen LogP contribution in [-0.4, -0.2) is 30.6 Å². The van der Waals surface area contributed by atoms with Crippen molar-refractivity contribution in [1.82, 2.24) is 4.90 Å². The lowest BCUT2D eigenvalue weighted by molar-refractivity contribution is 0.0602. The zero-order valence-electron chi connectivity index (χ0n) is 16.5. The summed E-state index contributed by atoms with van der Waals surface area (Å²) in [5.41, 5.74) is 4.01. The fraction of sp³-hybridized carbons (Fsp3) is 0.167. The van der Waals surface area contributed by atoms with E-state index in [1.165, 1.54) is 12.7 Å². The lowest BCUT2D eigenvalue weighted by atomic mass is 9.88. The average molecular weight is 421 g/mol. The highest BCUT2D eigenvalue weighted by molar-refractivity contribution is 6.30. The Hall–Kier alpha value is -3.31. The zero-order chi connectivity index (χ0) is 21.1. The van der Waals surface area contributed by atoms with Gasteiger partial charge in [-0.2, -0.15) is 0 Å². The van der Waals surface area contributed by atoms with Crippen LogP contribution in [0.1, 0.15) is 33.1 Å². The predicted octanol–water partition coefficient (Wildman–Crippen LogP) is 5.31. The molecule has 1 heterocycles. The largest absolute Gasteiger partial charge is 0.465 e. The van der Waals surface area contributed by atoms with E-state index in [-0.39, 0.29) is 12.1 Å². The smallest absolute Gasteiger partial charge is 0.339 e. The molecule has 6 heteroatoms.